The molecule has 0 spiro atoms. The van der Waals surface area contributed by atoms with Crippen LogP contribution in [0.2, 0.25) is 0 Å². The molecule has 134 valence electrons. The topological polar surface area (TPSA) is 84.7 Å². The second kappa shape index (κ2) is 7.67. The van der Waals surface area contributed by atoms with E-state index in [-0.39, 0.29) is 36.1 Å². The van der Waals surface area contributed by atoms with Crippen LogP contribution < -0.4 is 5.32 Å². The van der Waals surface area contributed by atoms with Gasteiger partial charge in [-0.25, -0.2) is 4.98 Å². The van der Waals surface area contributed by atoms with Crippen molar-refractivity contribution in [1.82, 2.24) is 9.88 Å². The number of thiazole rings is 1. The largest absolute Gasteiger partial charge is 0.444 e. The lowest BCUT2D eigenvalue weighted by molar-refractivity contribution is -0.143. The molecule has 2 unspecified atom stereocenters. The fourth-order valence-electron chi connectivity index (χ4n) is 2.78. The predicted molar refractivity (Wildman–Crippen MR) is 96.8 cm³/mol. The summed E-state index contributed by atoms with van der Waals surface area (Å²) in [6.07, 6.45) is 0.202. The Hall–Kier alpha value is -1.71. The van der Waals surface area contributed by atoms with E-state index in [0.717, 1.165) is 0 Å². The van der Waals surface area contributed by atoms with E-state index < -0.39 is 0 Å². The first-order valence-electron chi connectivity index (χ1n) is 7.84. The fraction of sp³-hybridized carbons (Fsp3) is 0.438. The molecule has 1 N–H and O–H groups in total. The summed E-state index contributed by atoms with van der Waals surface area (Å²) in [4.78, 5) is 30.8. The number of anilines is 1. The Kier molecular flexibility index (Phi) is 5.55. The lowest BCUT2D eigenvalue weighted by Gasteiger charge is -2.38. The highest BCUT2D eigenvalue weighted by atomic mass is 79.9. The van der Waals surface area contributed by atoms with E-state index >= 15 is 0 Å². The summed E-state index contributed by atoms with van der Waals surface area (Å²) in [5.41, 5.74) is 0.636. The summed E-state index contributed by atoms with van der Waals surface area (Å²) < 4.78 is 11.1. The summed E-state index contributed by atoms with van der Waals surface area (Å²) in [7, 11) is 0. The number of ether oxygens (including phenoxy) is 1. The van der Waals surface area contributed by atoms with Gasteiger partial charge in [0, 0.05) is 5.38 Å². The van der Waals surface area contributed by atoms with Gasteiger partial charge in [-0.1, -0.05) is 0 Å². The average Bonchev–Trinajstić information content (AvgIpc) is 3.16. The van der Waals surface area contributed by atoms with E-state index in [9.17, 15) is 9.59 Å². The molecular weight excluding hydrogens is 410 g/mol. The van der Waals surface area contributed by atoms with Crippen LogP contribution in [0.15, 0.2) is 26.6 Å². The maximum absolute atomic E-state index is 12.6. The highest BCUT2D eigenvalue weighted by Crippen LogP contribution is 2.21. The molecule has 25 heavy (non-hydrogen) atoms. The predicted octanol–water partition coefficient (Wildman–Crippen LogP) is 2.93. The van der Waals surface area contributed by atoms with Crippen LogP contribution in [0, 0.1) is 0 Å². The Labute approximate surface area is 157 Å². The SMILES string of the molecule is CC1COCC(C)N1C(=O)Cc1csc(NC(=O)c2ccc(Br)o2)n1. The molecule has 0 aliphatic carbocycles. The van der Waals surface area contributed by atoms with Crippen molar-refractivity contribution in [1.29, 1.82) is 0 Å². The van der Waals surface area contributed by atoms with Gasteiger partial charge in [0.1, 0.15) is 0 Å². The second-order valence-electron chi connectivity index (χ2n) is 5.92. The standard InChI is InChI=1S/C16H18BrN3O4S/c1-9-6-23-7-10(2)20(9)14(21)5-11-8-25-16(18-11)19-15(22)12-3-4-13(17)24-12/h3-4,8-10H,5-7H2,1-2H3,(H,18,19,22). The van der Waals surface area contributed by atoms with Crippen molar-refractivity contribution >= 4 is 44.2 Å². The summed E-state index contributed by atoms with van der Waals surface area (Å²) >= 11 is 4.43. The number of amides is 2. The van der Waals surface area contributed by atoms with E-state index in [1.165, 1.54) is 11.3 Å². The third-order valence-corrected chi connectivity index (χ3v) is 5.09. The van der Waals surface area contributed by atoms with Crippen molar-refractivity contribution in [2.24, 2.45) is 0 Å². The number of nitrogens with one attached hydrogen (secondary N) is 1. The Morgan fingerprint density at radius 1 is 1.36 bits per heavy atom. The maximum Gasteiger partial charge on any atom is 0.293 e. The van der Waals surface area contributed by atoms with Crippen LogP contribution in [0.1, 0.15) is 30.1 Å². The molecule has 0 bridgehead atoms. The van der Waals surface area contributed by atoms with Gasteiger partial charge >= 0.3 is 0 Å². The molecule has 9 heteroatoms. The van der Waals surface area contributed by atoms with Gasteiger partial charge in [0.15, 0.2) is 15.6 Å². The van der Waals surface area contributed by atoms with Crippen LogP contribution in [0.5, 0.6) is 0 Å². The van der Waals surface area contributed by atoms with E-state index in [2.05, 4.69) is 26.2 Å². The third-order valence-electron chi connectivity index (χ3n) is 3.86. The van der Waals surface area contributed by atoms with Crippen LogP contribution >= 0.6 is 27.3 Å². The zero-order chi connectivity index (χ0) is 18.0. The average molecular weight is 428 g/mol. The molecule has 1 saturated heterocycles. The fourth-order valence-corrected chi connectivity index (χ4v) is 3.79. The Bertz CT molecular complexity index is 765. The molecule has 1 fully saturated rings. The molecule has 0 aromatic carbocycles. The summed E-state index contributed by atoms with van der Waals surface area (Å²) in [6, 6.07) is 3.31. The van der Waals surface area contributed by atoms with Gasteiger partial charge in [0.2, 0.25) is 5.91 Å². The summed E-state index contributed by atoms with van der Waals surface area (Å²) in [5.74, 6) is -0.176. The van der Waals surface area contributed by atoms with Gasteiger partial charge in [-0.15, -0.1) is 11.3 Å². The van der Waals surface area contributed by atoms with Crippen LogP contribution in [-0.4, -0.2) is 47.0 Å². The van der Waals surface area contributed by atoms with Crippen LogP contribution in [0.3, 0.4) is 0 Å². The van der Waals surface area contributed by atoms with Gasteiger partial charge in [0.25, 0.3) is 5.91 Å². The highest BCUT2D eigenvalue weighted by Gasteiger charge is 2.29. The first-order chi connectivity index (χ1) is 11.9. The molecule has 3 heterocycles. The van der Waals surface area contributed by atoms with Gasteiger partial charge < -0.3 is 14.1 Å². The van der Waals surface area contributed by atoms with Crippen molar-refractivity contribution in [3.05, 3.63) is 33.6 Å². The number of hydrogen-bond donors (Lipinski definition) is 1. The number of carbonyl (C=O) groups excluding carboxylic acids is 2. The lowest BCUT2D eigenvalue weighted by Crippen LogP contribution is -2.53. The van der Waals surface area contributed by atoms with E-state index in [0.29, 0.717) is 28.7 Å². The highest BCUT2D eigenvalue weighted by molar-refractivity contribution is 9.10. The molecular formula is C16H18BrN3O4S. The first kappa shape index (κ1) is 18.1. The number of morpholine rings is 1. The van der Waals surface area contributed by atoms with Gasteiger partial charge in [0.05, 0.1) is 37.4 Å². The van der Waals surface area contributed by atoms with Gasteiger partial charge in [-0.3, -0.25) is 14.9 Å². The van der Waals surface area contributed by atoms with Crippen molar-refractivity contribution in [2.75, 3.05) is 18.5 Å². The molecule has 0 radical (unpaired) electrons. The smallest absolute Gasteiger partial charge is 0.293 e. The summed E-state index contributed by atoms with van der Waals surface area (Å²) in [5, 5.41) is 4.88. The number of carbonyl (C=O) groups is 2. The van der Waals surface area contributed by atoms with E-state index in [1.54, 1.807) is 17.5 Å². The molecule has 0 saturated carbocycles. The molecule has 1 aliphatic heterocycles. The zero-order valence-electron chi connectivity index (χ0n) is 13.8. The molecule has 2 aromatic heterocycles. The van der Waals surface area contributed by atoms with Crippen molar-refractivity contribution in [3.8, 4) is 0 Å². The summed E-state index contributed by atoms with van der Waals surface area (Å²) in [6.45, 7) is 5.05. The normalized spacial score (nSPS) is 20.5. The lowest BCUT2D eigenvalue weighted by atomic mass is 10.1. The molecule has 1 aliphatic rings. The molecule has 3 rings (SSSR count). The van der Waals surface area contributed by atoms with Gasteiger partial charge in [-0.2, -0.15) is 0 Å². The number of nitrogens with zero attached hydrogens (tertiary/aromatic N) is 2. The Morgan fingerprint density at radius 3 is 2.72 bits per heavy atom. The number of furan rings is 1. The number of rotatable bonds is 4. The third kappa shape index (κ3) is 4.28. The Balaban J connectivity index is 1.61. The minimum atomic E-state index is -0.381. The monoisotopic (exact) mass is 427 g/mol. The van der Waals surface area contributed by atoms with Crippen molar-refractivity contribution < 1.29 is 18.7 Å². The van der Waals surface area contributed by atoms with Gasteiger partial charge in [-0.05, 0) is 41.9 Å². The molecule has 7 nitrogen and oxygen atoms in total. The Morgan fingerprint density at radius 2 is 2.08 bits per heavy atom. The number of halogens is 1. The van der Waals surface area contributed by atoms with Crippen molar-refractivity contribution in [3.63, 3.8) is 0 Å². The quantitative estimate of drug-likeness (QED) is 0.810. The maximum atomic E-state index is 12.6. The second-order valence-corrected chi connectivity index (χ2v) is 7.55. The minimum Gasteiger partial charge on any atom is -0.444 e. The van der Waals surface area contributed by atoms with E-state index in [4.69, 9.17) is 9.15 Å². The number of hydrogen-bond acceptors (Lipinski definition) is 6. The van der Waals surface area contributed by atoms with Crippen LogP contribution in [0.4, 0.5) is 5.13 Å². The zero-order valence-corrected chi connectivity index (χ0v) is 16.2. The van der Waals surface area contributed by atoms with E-state index in [1.807, 2.05) is 18.7 Å². The molecule has 2 aromatic rings. The number of aromatic nitrogens is 1. The van der Waals surface area contributed by atoms with Crippen molar-refractivity contribution in [2.45, 2.75) is 32.4 Å². The first-order valence-corrected chi connectivity index (χ1v) is 9.51. The molecule has 2 amide bonds. The minimum absolute atomic E-state index is 0.0152. The van der Waals surface area contributed by atoms with Crippen LogP contribution in [-0.2, 0) is 16.0 Å². The molecule has 2 atom stereocenters. The van der Waals surface area contributed by atoms with Crippen LogP contribution in [0.25, 0.3) is 0 Å².